The van der Waals surface area contributed by atoms with Gasteiger partial charge in [0, 0.05) is 16.3 Å². The van der Waals surface area contributed by atoms with Crippen LogP contribution in [0.4, 0.5) is 10.5 Å². The van der Waals surface area contributed by atoms with E-state index in [-0.39, 0.29) is 6.54 Å². The molecule has 1 atom stereocenters. The fraction of sp³-hybridized carbons (Fsp3) is 0.250. The van der Waals surface area contributed by atoms with Gasteiger partial charge in [-0.25, -0.2) is 4.79 Å². The van der Waals surface area contributed by atoms with Crippen LogP contribution >= 0.6 is 11.6 Å². The largest absolute Gasteiger partial charge is 0.325 e. The maximum atomic E-state index is 12.9. The molecule has 1 fully saturated rings. The highest BCUT2D eigenvalue weighted by atomic mass is 35.5. The predicted octanol–water partition coefficient (Wildman–Crippen LogP) is 3.36. The zero-order chi connectivity index (χ0) is 19.8. The minimum absolute atomic E-state index is 0.371. The van der Waals surface area contributed by atoms with E-state index in [1.165, 1.54) is 0 Å². The van der Waals surface area contributed by atoms with Gasteiger partial charge in [-0.3, -0.25) is 14.5 Å². The fourth-order valence-electron chi connectivity index (χ4n) is 3.18. The number of amides is 4. The molecule has 1 aliphatic rings. The van der Waals surface area contributed by atoms with Crippen molar-refractivity contribution in [2.24, 2.45) is 0 Å². The van der Waals surface area contributed by atoms with Crippen LogP contribution in [0.1, 0.15) is 23.6 Å². The quantitative estimate of drug-likeness (QED) is 0.792. The summed E-state index contributed by atoms with van der Waals surface area (Å²) >= 11 is 6.20. The first-order chi connectivity index (χ1) is 12.7. The number of imide groups is 1. The van der Waals surface area contributed by atoms with Crippen LogP contribution in [0.15, 0.2) is 42.5 Å². The summed E-state index contributed by atoms with van der Waals surface area (Å²) in [6.45, 7) is 5.04. The van der Waals surface area contributed by atoms with Gasteiger partial charge in [-0.1, -0.05) is 47.5 Å². The third kappa shape index (κ3) is 3.53. The van der Waals surface area contributed by atoms with Gasteiger partial charge >= 0.3 is 6.03 Å². The van der Waals surface area contributed by atoms with Crippen LogP contribution in [0.25, 0.3) is 0 Å². The van der Waals surface area contributed by atoms with Gasteiger partial charge in [0.15, 0.2) is 0 Å². The monoisotopic (exact) mass is 385 g/mol. The molecule has 0 saturated carbocycles. The first-order valence-corrected chi connectivity index (χ1v) is 8.86. The Bertz CT molecular complexity index is 944. The molecule has 1 heterocycles. The van der Waals surface area contributed by atoms with Gasteiger partial charge in [0.2, 0.25) is 5.91 Å². The van der Waals surface area contributed by atoms with Crippen LogP contribution in [-0.2, 0) is 15.1 Å². The number of halogens is 1. The number of nitrogens with one attached hydrogen (secondary N) is 2. The first-order valence-electron chi connectivity index (χ1n) is 8.48. The summed E-state index contributed by atoms with van der Waals surface area (Å²) in [4.78, 5) is 38.6. The van der Waals surface area contributed by atoms with Crippen LogP contribution < -0.4 is 10.6 Å². The fourth-order valence-corrected chi connectivity index (χ4v) is 3.50. The first kappa shape index (κ1) is 18.9. The Morgan fingerprint density at radius 2 is 1.89 bits per heavy atom. The Balaban J connectivity index is 1.78. The van der Waals surface area contributed by atoms with Crippen LogP contribution in [0.3, 0.4) is 0 Å². The summed E-state index contributed by atoms with van der Waals surface area (Å²) in [6, 6.07) is 11.8. The van der Waals surface area contributed by atoms with E-state index in [2.05, 4.69) is 10.6 Å². The number of carbonyl (C=O) groups excluding carboxylic acids is 3. The molecule has 27 heavy (non-hydrogen) atoms. The lowest BCUT2D eigenvalue weighted by Crippen LogP contribution is -2.42. The highest BCUT2D eigenvalue weighted by Gasteiger charge is 2.50. The second kappa shape index (κ2) is 7.04. The molecular formula is C20H20ClN3O3. The van der Waals surface area contributed by atoms with E-state index in [0.29, 0.717) is 16.3 Å². The van der Waals surface area contributed by atoms with Crippen molar-refractivity contribution in [3.05, 3.63) is 64.2 Å². The van der Waals surface area contributed by atoms with Crippen LogP contribution in [0, 0.1) is 13.8 Å². The molecule has 0 aliphatic carbocycles. The van der Waals surface area contributed by atoms with Gasteiger partial charge in [-0.05, 0) is 38.5 Å². The second-order valence-electron chi connectivity index (χ2n) is 6.79. The van der Waals surface area contributed by atoms with Crippen molar-refractivity contribution >= 4 is 35.1 Å². The lowest BCUT2D eigenvalue weighted by molar-refractivity contribution is -0.133. The number of benzene rings is 2. The van der Waals surface area contributed by atoms with E-state index < -0.39 is 23.4 Å². The van der Waals surface area contributed by atoms with Gasteiger partial charge in [0.1, 0.15) is 12.1 Å². The molecule has 0 aromatic heterocycles. The molecule has 1 saturated heterocycles. The minimum atomic E-state index is -1.31. The van der Waals surface area contributed by atoms with E-state index in [4.69, 9.17) is 11.6 Å². The molecule has 1 aliphatic heterocycles. The lowest BCUT2D eigenvalue weighted by Gasteiger charge is -2.23. The van der Waals surface area contributed by atoms with Gasteiger partial charge in [0.25, 0.3) is 5.91 Å². The number of anilines is 1. The lowest BCUT2D eigenvalue weighted by atomic mass is 9.92. The average Bonchev–Trinajstić information content (AvgIpc) is 2.82. The number of nitrogens with zero attached hydrogens (tertiary/aromatic N) is 1. The Labute approximate surface area is 162 Å². The SMILES string of the molecule is Cc1ccc(NC(=O)CN2C(=O)N[C@@](C)(c3ccccc3Cl)C2=O)c(C)c1. The summed E-state index contributed by atoms with van der Waals surface area (Å²) in [5.74, 6) is -0.967. The van der Waals surface area contributed by atoms with E-state index in [1.54, 1.807) is 37.3 Å². The molecule has 140 valence electrons. The van der Waals surface area contributed by atoms with E-state index >= 15 is 0 Å². The zero-order valence-electron chi connectivity index (χ0n) is 15.3. The molecule has 0 unspecified atom stereocenters. The third-order valence-electron chi connectivity index (χ3n) is 4.65. The van der Waals surface area contributed by atoms with Crippen LogP contribution in [0.2, 0.25) is 5.02 Å². The van der Waals surface area contributed by atoms with Gasteiger partial charge in [-0.15, -0.1) is 0 Å². The second-order valence-corrected chi connectivity index (χ2v) is 7.20. The van der Waals surface area contributed by atoms with Gasteiger partial charge in [-0.2, -0.15) is 0 Å². The molecule has 2 N–H and O–H groups in total. The Kier molecular flexibility index (Phi) is 4.93. The Morgan fingerprint density at radius 1 is 1.19 bits per heavy atom. The van der Waals surface area contributed by atoms with Crippen molar-refractivity contribution < 1.29 is 14.4 Å². The maximum absolute atomic E-state index is 12.9. The summed E-state index contributed by atoms with van der Waals surface area (Å²) in [6.07, 6.45) is 0. The number of hydrogen-bond acceptors (Lipinski definition) is 3. The topological polar surface area (TPSA) is 78.5 Å². The summed E-state index contributed by atoms with van der Waals surface area (Å²) < 4.78 is 0. The average molecular weight is 386 g/mol. The van der Waals surface area contributed by atoms with Crippen molar-refractivity contribution in [2.45, 2.75) is 26.3 Å². The number of carbonyl (C=O) groups is 3. The number of rotatable bonds is 4. The summed E-state index contributed by atoms with van der Waals surface area (Å²) in [5.41, 5.74) is 1.81. The molecule has 3 rings (SSSR count). The van der Waals surface area contributed by atoms with Crippen molar-refractivity contribution in [3.8, 4) is 0 Å². The van der Waals surface area contributed by atoms with Crippen molar-refractivity contribution in [2.75, 3.05) is 11.9 Å². The maximum Gasteiger partial charge on any atom is 0.325 e. The van der Waals surface area contributed by atoms with Crippen LogP contribution in [0.5, 0.6) is 0 Å². The molecule has 6 nitrogen and oxygen atoms in total. The molecule has 2 aromatic rings. The van der Waals surface area contributed by atoms with Crippen molar-refractivity contribution in [1.29, 1.82) is 0 Å². The van der Waals surface area contributed by atoms with Crippen molar-refractivity contribution in [3.63, 3.8) is 0 Å². The Morgan fingerprint density at radius 3 is 2.56 bits per heavy atom. The molecule has 0 radical (unpaired) electrons. The van der Waals surface area contributed by atoms with E-state index in [1.807, 2.05) is 26.0 Å². The van der Waals surface area contributed by atoms with Crippen molar-refractivity contribution in [1.82, 2.24) is 10.2 Å². The smallest absolute Gasteiger partial charge is 0.324 e. The summed E-state index contributed by atoms with van der Waals surface area (Å²) in [7, 11) is 0. The van der Waals surface area contributed by atoms with E-state index in [9.17, 15) is 14.4 Å². The number of aryl methyl sites for hydroxylation is 2. The molecule has 4 amide bonds. The number of hydrogen-bond donors (Lipinski definition) is 2. The Hall–Kier alpha value is -2.86. The third-order valence-corrected chi connectivity index (χ3v) is 4.97. The normalized spacial score (nSPS) is 19.2. The van der Waals surface area contributed by atoms with Gasteiger partial charge in [0.05, 0.1) is 0 Å². The van der Waals surface area contributed by atoms with Gasteiger partial charge < -0.3 is 10.6 Å². The molecular weight excluding hydrogens is 366 g/mol. The van der Waals surface area contributed by atoms with E-state index in [0.717, 1.165) is 16.0 Å². The molecule has 2 aromatic carbocycles. The molecule has 0 spiro atoms. The highest BCUT2D eigenvalue weighted by molar-refractivity contribution is 6.32. The molecule has 7 heteroatoms. The predicted molar refractivity (Wildman–Crippen MR) is 104 cm³/mol. The minimum Gasteiger partial charge on any atom is -0.324 e. The highest BCUT2D eigenvalue weighted by Crippen LogP contribution is 2.33. The van der Waals surface area contributed by atoms with Crippen LogP contribution in [-0.4, -0.2) is 29.3 Å². The zero-order valence-corrected chi connectivity index (χ0v) is 16.1. The standard InChI is InChI=1S/C20H20ClN3O3/c1-12-8-9-16(13(2)10-12)22-17(25)11-24-18(26)20(3,23-19(24)27)14-6-4-5-7-15(14)21/h4-10H,11H2,1-3H3,(H,22,25)(H,23,27)/t20-/m0/s1. The number of urea groups is 1. The summed E-state index contributed by atoms with van der Waals surface area (Å²) in [5, 5.41) is 5.76. The molecule has 0 bridgehead atoms.